The van der Waals surface area contributed by atoms with Crippen molar-refractivity contribution in [1.29, 1.82) is 0 Å². The third-order valence-corrected chi connectivity index (χ3v) is 3.78. The molecule has 0 radical (unpaired) electrons. The topological polar surface area (TPSA) is 106 Å². The van der Waals surface area contributed by atoms with Gasteiger partial charge < -0.3 is 14.8 Å². The molecule has 1 heterocycles. The van der Waals surface area contributed by atoms with E-state index in [1.165, 1.54) is 6.08 Å². The molecule has 144 valence electrons. The van der Waals surface area contributed by atoms with Gasteiger partial charge in [-0.2, -0.15) is 0 Å². The molecule has 1 atom stereocenters. The van der Waals surface area contributed by atoms with Gasteiger partial charge >= 0.3 is 0 Å². The van der Waals surface area contributed by atoms with Gasteiger partial charge in [-0.3, -0.25) is 25.2 Å². The van der Waals surface area contributed by atoms with Crippen LogP contribution < -0.4 is 25.6 Å². The first-order valence-electron chi connectivity index (χ1n) is 8.60. The molecule has 1 aliphatic heterocycles. The quantitative estimate of drug-likeness (QED) is 0.525. The normalized spacial score (nSPS) is 14.9. The number of para-hydroxylation sites is 2. The van der Waals surface area contributed by atoms with Gasteiger partial charge in [0.1, 0.15) is 6.61 Å². The van der Waals surface area contributed by atoms with E-state index in [1.54, 1.807) is 30.3 Å². The van der Waals surface area contributed by atoms with Gasteiger partial charge in [0.2, 0.25) is 12.0 Å². The van der Waals surface area contributed by atoms with E-state index in [1.807, 2.05) is 30.3 Å². The summed E-state index contributed by atoms with van der Waals surface area (Å²) in [6, 6.07) is 16.3. The van der Waals surface area contributed by atoms with Crippen LogP contribution in [0.4, 0.5) is 0 Å². The number of rotatable bonds is 5. The van der Waals surface area contributed by atoms with Gasteiger partial charge in [0.15, 0.2) is 11.5 Å². The minimum Gasteiger partial charge on any atom is -0.485 e. The minimum atomic E-state index is -0.890. The van der Waals surface area contributed by atoms with E-state index in [9.17, 15) is 14.4 Å². The van der Waals surface area contributed by atoms with Crippen LogP contribution in [0.2, 0.25) is 0 Å². The molecule has 0 aromatic heterocycles. The van der Waals surface area contributed by atoms with Crippen LogP contribution in [0.25, 0.3) is 6.08 Å². The summed E-state index contributed by atoms with van der Waals surface area (Å²) in [5, 5.41) is 2.42. The van der Waals surface area contributed by atoms with Crippen molar-refractivity contribution in [3.8, 4) is 11.5 Å². The van der Waals surface area contributed by atoms with Crippen molar-refractivity contribution in [2.24, 2.45) is 0 Å². The van der Waals surface area contributed by atoms with Crippen LogP contribution in [0.1, 0.15) is 5.56 Å². The van der Waals surface area contributed by atoms with Crippen molar-refractivity contribution >= 4 is 23.8 Å². The molecule has 8 nitrogen and oxygen atoms in total. The van der Waals surface area contributed by atoms with Crippen LogP contribution in [-0.4, -0.2) is 37.0 Å². The van der Waals surface area contributed by atoms with Gasteiger partial charge in [-0.15, -0.1) is 0 Å². The van der Waals surface area contributed by atoms with Crippen molar-refractivity contribution in [2.75, 3.05) is 13.2 Å². The van der Waals surface area contributed by atoms with Crippen LogP contribution in [0.3, 0.4) is 0 Å². The number of nitrogens with one attached hydrogen (secondary N) is 3. The average Bonchev–Trinajstić information content (AvgIpc) is 2.75. The Morgan fingerprint density at radius 2 is 1.68 bits per heavy atom. The van der Waals surface area contributed by atoms with E-state index in [0.717, 1.165) is 5.56 Å². The molecular weight excluding hydrogens is 362 g/mol. The zero-order valence-electron chi connectivity index (χ0n) is 14.9. The third kappa shape index (κ3) is 5.34. The van der Waals surface area contributed by atoms with E-state index in [0.29, 0.717) is 11.5 Å². The molecule has 1 unspecified atom stereocenters. The Kier molecular flexibility index (Phi) is 6.25. The van der Waals surface area contributed by atoms with Gasteiger partial charge in [-0.1, -0.05) is 42.5 Å². The van der Waals surface area contributed by atoms with E-state index in [2.05, 4.69) is 16.2 Å². The van der Waals surface area contributed by atoms with Crippen molar-refractivity contribution in [3.05, 3.63) is 66.2 Å². The number of ether oxygens (including phenoxy) is 2. The fraction of sp³-hybridized carbons (Fsp3) is 0.150. The highest BCUT2D eigenvalue weighted by Crippen LogP contribution is 2.30. The lowest BCUT2D eigenvalue weighted by Gasteiger charge is -2.25. The standard InChI is InChI=1S/C20H19N3O5/c24-18(11-10-14-6-2-1-3-7-14)21-12-19(25)22-23-20(26)17-13-27-15-8-4-5-9-16(15)28-17/h1-11,17H,12-13H2,(H,21,24)(H,22,25)(H,23,26)/b11-10+. The van der Waals surface area contributed by atoms with Gasteiger partial charge in [-0.25, -0.2) is 0 Å². The lowest BCUT2D eigenvalue weighted by Crippen LogP contribution is -2.52. The van der Waals surface area contributed by atoms with Gasteiger partial charge in [0.25, 0.3) is 11.8 Å². The Morgan fingerprint density at radius 3 is 2.46 bits per heavy atom. The van der Waals surface area contributed by atoms with Crippen molar-refractivity contribution in [3.63, 3.8) is 0 Å². The fourth-order valence-electron chi connectivity index (χ4n) is 2.37. The summed E-state index contributed by atoms with van der Waals surface area (Å²) in [7, 11) is 0. The van der Waals surface area contributed by atoms with E-state index < -0.39 is 23.8 Å². The maximum absolute atomic E-state index is 12.1. The number of amides is 3. The van der Waals surface area contributed by atoms with Crippen LogP contribution in [-0.2, 0) is 14.4 Å². The Hall–Kier alpha value is -3.81. The lowest BCUT2D eigenvalue weighted by molar-refractivity contribution is -0.135. The summed E-state index contributed by atoms with van der Waals surface area (Å²) in [6.07, 6.45) is 2.07. The molecule has 0 saturated carbocycles. The van der Waals surface area contributed by atoms with Crippen LogP contribution in [0.5, 0.6) is 11.5 Å². The molecule has 2 aromatic carbocycles. The molecule has 1 aliphatic rings. The fourth-order valence-corrected chi connectivity index (χ4v) is 2.37. The molecule has 8 heteroatoms. The Balaban J connectivity index is 1.38. The first kappa shape index (κ1) is 19.0. The van der Waals surface area contributed by atoms with E-state index >= 15 is 0 Å². The highest BCUT2D eigenvalue weighted by Gasteiger charge is 2.27. The first-order valence-corrected chi connectivity index (χ1v) is 8.60. The van der Waals surface area contributed by atoms with Crippen molar-refractivity contribution in [1.82, 2.24) is 16.2 Å². The Morgan fingerprint density at radius 1 is 0.964 bits per heavy atom. The second-order valence-corrected chi connectivity index (χ2v) is 5.86. The highest BCUT2D eigenvalue weighted by atomic mass is 16.6. The SMILES string of the molecule is O=C(/C=C/c1ccccc1)NCC(=O)NNC(=O)C1COc2ccccc2O1. The molecule has 3 rings (SSSR count). The first-order chi connectivity index (χ1) is 13.6. The summed E-state index contributed by atoms with van der Waals surface area (Å²) >= 11 is 0. The number of fused-ring (bicyclic) bond motifs is 1. The zero-order valence-corrected chi connectivity index (χ0v) is 14.9. The second-order valence-electron chi connectivity index (χ2n) is 5.86. The second kappa shape index (κ2) is 9.22. The number of carbonyl (C=O) groups excluding carboxylic acids is 3. The van der Waals surface area contributed by atoms with E-state index in [-0.39, 0.29) is 13.2 Å². The molecule has 0 fully saturated rings. The molecular formula is C20H19N3O5. The molecule has 0 saturated heterocycles. The van der Waals surface area contributed by atoms with Gasteiger partial charge in [0, 0.05) is 6.08 Å². The zero-order chi connectivity index (χ0) is 19.8. The maximum Gasteiger partial charge on any atom is 0.283 e. The number of hydrazine groups is 1. The van der Waals surface area contributed by atoms with Crippen molar-refractivity contribution in [2.45, 2.75) is 6.10 Å². The largest absolute Gasteiger partial charge is 0.485 e. The molecule has 28 heavy (non-hydrogen) atoms. The predicted molar refractivity (Wildman–Crippen MR) is 101 cm³/mol. The van der Waals surface area contributed by atoms with E-state index in [4.69, 9.17) is 9.47 Å². The molecule has 3 amide bonds. The molecule has 2 aromatic rings. The number of hydrogen-bond acceptors (Lipinski definition) is 5. The average molecular weight is 381 g/mol. The highest BCUT2D eigenvalue weighted by molar-refractivity contribution is 5.94. The number of hydrogen-bond donors (Lipinski definition) is 3. The van der Waals surface area contributed by atoms with Crippen LogP contribution in [0.15, 0.2) is 60.7 Å². The Bertz CT molecular complexity index is 882. The minimum absolute atomic E-state index is 0.0275. The maximum atomic E-state index is 12.1. The number of benzene rings is 2. The summed E-state index contributed by atoms with van der Waals surface area (Å²) in [5.41, 5.74) is 5.34. The smallest absolute Gasteiger partial charge is 0.283 e. The summed E-state index contributed by atoms with van der Waals surface area (Å²) < 4.78 is 11.0. The monoisotopic (exact) mass is 381 g/mol. The third-order valence-electron chi connectivity index (χ3n) is 3.78. The summed E-state index contributed by atoms with van der Waals surface area (Å²) in [4.78, 5) is 35.6. The molecule has 3 N–H and O–H groups in total. The molecule has 0 bridgehead atoms. The molecule has 0 spiro atoms. The lowest BCUT2D eigenvalue weighted by atomic mass is 10.2. The van der Waals surface area contributed by atoms with Crippen LogP contribution in [0, 0.1) is 0 Å². The van der Waals surface area contributed by atoms with Gasteiger partial charge in [-0.05, 0) is 23.8 Å². The predicted octanol–water partition coefficient (Wildman–Crippen LogP) is 0.803. The number of carbonyl (C=O) groups is 3. The summed E-state index contributed by atoms with van der Waals surface area (Å²) in [6.45, 7) is -0.261. The molecule has 0 aliphatic carbocycles. The van der Waals surface area contributed by atoms with Gasteiger partial charge in [0.05, 0.1) is 6.54 Å². The van der Waals surface area contributed by atoms with Crippen LogP contribution >= 0.6 is 0 Å². The summed E-state index contributed by atoms with van der Waals surface area (Å²) in [5.74, 6) is -0.546. The van der Waals surface area contributed by atoms with Crippen molar-refractivity contribution < 1.29 is 23.9 Å². The Labute approximate surface area is 161 Å².